The molecule has 3 rings (SSSR count). The lowest BCUT2D eigenvalue weighted by Crippen LogP contribution is -2.28. The van der Waals surface area contributed by atoms with Crippen molar-refractivity contribution in [2.24, 2.45) is 0 Å². The highest BCUT2D eigenvalue weighted by Gasteiger charge is 2.22. The number of non-ortho nitro benzene ring substituents is 1. The van der Waals surface area contributed by atoms with Gasteiger partial charge >= 0.3 is 0 Å². The number of fused-ring (bicyclic) bond motifs is 1. The van der Waals surface area contributed by atoms with E-state index in [1.807, 2.05) is 24.3 Å². The molecule has 0 bridgehead atoms. The molecule has 6 heteroatoms. The van der Waals surface area contributed by atoms with Crippen LogP contribution in [-0.4, -0.2) is 18.6 Å². The second-order valence-corrected chi connectivity index (χ2v) is 5.10. The SMILES string of the molecule is COc1ccc2c(c1)CNCC2c1ccc([N+](=O)[O-])cc1.Cl. The Hall–Kier alpha value is -2.11. The molecular formula is C16H17ClN2O3. The van der Waals surface area contributed by atoms with Crippen molar-refractivity contribution in [3.05, 3.63) is 69.3 Å². The van der Waals surface area contributed by atoms with Crippen molar-refractivity contribution in [3.63, 3.8) is 0 Å². The van der Waals surface area contributed by atoms with Crippen LogP contribution >= 0.6 is 12.4 Å². The summed E-state index contributed by atoms with van der Waals surface area (Å²) in [6.45, 7) is 1.65. The molecule has 5 nitrogen and oxygen atoms in total. The predicted molar refractivity (Wildman–Crippen MR) is 86.9 cm³/mol. The highest BCUT2D eigenvalue weighted by molar-refractivity contribution is 5.85. The number of methoxy groups -OCH3 is 1. The highest BCUT2D eigenvalue weighted by Crippen LogP contribution is 2.32. The normalized spacial score (nSPS) is 16.3. The summed E-state index contributed by atoms with van der Waals surface area (Å²) in [5.41, 5.74) is 3.67. The van der Waals surface area contributed by atoms with Crippen LogP contribution in [0, 0.1) is 10.1 Å². The van der Waals surface area contributed by atoms with Crippen LogP contribution in [0.25, 0.3) is 0 Å². The molecule has 0 aromatic heterocycles. The fourth-order valence-corrected chi connectivity index (χ4v) is 2.79. The second kappa shape index (κ2) is 6.77. The first-order chi connectivity index (χ1) is 10.2. The molecule has 2 aromatic carbocycles. The molecule has 0 amide bonds. The lowest BCUT2D eigenvalue weighted by Gasteiger charge is -2.27. The van der Waals surface area contributed by atoms with Gasteiger partial charge in [-0.05, 0) is 28.8 Å². The number of halogens is 1. The van der Waals surface area contributed by atoms with Gasteiger partial charge in [0.15, 0.2) is 0 Å². The van der Waals surface area contributed by atoms with Crippen molar-refractivity contribution < 1.29 is 9.66 Å². The maximum Gasteiger partial charge on any atom is 0.269 e. The van der Waals surface area contributed by atoms with Gasteiger partial charge < -0.3 is 10.1 Å². The maximum absolute atomic E-state index is 10.7. The highest BCUT2D eigenvalue weighted by atomic mass is 35.5. The first-order valence-corrected chi connectivity index (χ1v) is 6.81. The summed E-state index contributed by atoms with van der Waals surface area (Å²) in [5, 5.41) is 14.1. The van der Waals surface area contributed by atoms with Crippen molar-refractivity contribution in [2.75, 3.05) is 13.7 Å². The topological polar surface area (TPSA) is 64.4 Å². The Kier molecular flexibility index (Phi) is 5.00. The van der Waals surface area contributed by atoms with E-state index in [1.54, 1.807) is 19.2 Å². The predicted octanol–water partition coefficient (Wildman–Crippen LogP) is 3.26. The van der Waals surface area contributed by atoms with E-state index in [0.29, 0.717) is 0 Å². The van der Waals surface area contributed by atoms with E-state index in [4.69, 9.17) is 4.74 Å². The Bertz CT molecular complexity index is 674. The Morgan fingerprint density at radius 1 is 1.23 bits per heavy atom. The van der Waals surface area contributed by atoms with Crippen molar-refractivity contribution in [1.29, 1.82) is 0 Å². The molecule has 1 atom stereocenters. The van der Waals surface area contributed by atoms with E-state index in [-0.39, 0.29) is 28.9 Å². The second-order valence-electron chi connectivity index (χ2n) is 5.10. The van der Waals surface area contributed by atoms with Crippen LogP contribution in [0.5, 0.6) is 5.75 Å². The largest absolute Gasteiger partial charge is 0.497 e. The summed E-state index contributed by atoms with van der Waals surface area (Å²) in [7, 11) is 1.66. The molecule has 1 aliphatic heterocycles. The summed E-state index contributed by atoms with van der Waals surface area (Å²) < 4.78 is 5.26. The molecule has 0 fully saturated rings. The van der Waals surface area contributed by atoms with E-state index in [0.717, 1.165) is 24.4 Å². The summed E-state index contributed by atoms with van der Waals surface area (Å²) >= 11 is 0. The van der Waals surface area contributed by atoms with Gasteiger partial charge in [0.2, 0.25) is 0 Å². The third-order valence-corrected chi connectivity index (χ3v) is 3.90. The first kappa shape index (κ1) is 16.3. The minimum atomic E-state index is -0.373. The molecule has 0 spiro atoms. The van der Waals surface area contributed by atoms with E-state index < -0.39 is 0 Å². The first-order valence-electron chi connectivity index (χ1n) is 6.81. The molecular weight excluding hydrogens is 304 g/mol. The summed E-state index contributed by atoms with van der Waals surface area (Å²) in [6, 6.07) is 12.9. The monoisotopic (exact) mass is 320 g/mol. The molecule has 0 saturated heterocycles. The number of nitrogens with zero attached hydrogens (tertiary/aromatic N) is 1. The minimum absolute atomic E-state index is 0. The number of benzene rings is 2. The van der Waals surface area contributed by atoms with Gasteiger partial charge in [-0.15, -0.1) is 12.4 Å². The number of nitrogens with one attached hydrogen (secondary N) is 1. The molecule has 1 aliphatic rings. The van der Waals surface area contributed by atoms with Crippen LogP contribution in [-0.2, 0) is 6.54 Å². The zero-order valence-corrected chi connectivity index (χ0v) is 12.9. The van der Waals surface area contributed by atoms with Crippen LogP contribution in [0.2, 0.25) is 0 Å². The third kappa shape index (κ3) is 3.05. The third-order valence-electron chi connectivity index (χ3n) is 3.90. The Labute approximate surface area is 134 Å². The molecule has 116 valence electrons. The fourth-order valence-electron chi connectivity index (χ4n) is 2.79. The van der Waals surface area contributed by atoms with Crippen LogP contribution in [0.1, 0.15) is 22.6 Å². The average molecular weight is 321 g/mol. The smallest absolute Gasteiger partial charge is 0.269 e. The number of nitro groups is 1. The molecule has 0 saturated carbocycles. The molecule has 1 heterocycles. The zero-order valence-electron chi connectivity index (χ0n) is 12.1. The van der Waals surface area contributed by atoms with Crippen molar-refractivity contribution in [3.8, 4) is 5.75 Å². The van der Waals surface area contributed by atoms with E-state index in [2.05, 4.69) is 11.4 Å². The fraction of sp³-hybridized carbons (Fsp3) is 0.250. The number of hydrogen-bond acceptors (Lipinski definition) is 4. The average Bonchev–Trinajstić information content (AvgIpc) is 2.53. The van der Waals surface area contributed by atoms with Gasteiger partial charge in [0.25, 0.3) is 5.69 Å². The lowest BCUT2D eigenvalue weighted by molar-refractivity contribution is -0.384. The van der Waals surface area contributed by atoms with Gasteiger partial charge in [-0.25, -0.2) is 0 Å². The van der Waals surface area contributed by atoms with Crippen molar-refractivity contribution in [1.82, 2.24) is 5.32 Å². The molecule has 0 aliphatic carbocycles. The maximum atomic E-state index is 10.7. The van der Waals surface area contributed by atoms with Crippen molar-refractivity contribution in [2.45, 2.75) is 12.5 Å². The molecule has 2 aromatic rings. The van der Waals surface area contributed by atoms with Crippen molar-refractivity contribution >= 4 is 18.1 Å². The van der Waals surface area contributed by atoms with E-state index >= 15 is 0 Å². The number of hydrogen-bond donors (Lipinski definition) is 1. The number of rotatable bonds is 3. The van der Waals surface area contributed by atoms with E-state index in [9.17, 15) is 10.1 Å². The van der Waals surface area contributed by atoms with Gasteiger partial charge in [0, 0.05) is 31.1 Å². The number of ether oxygens (including phenoxy) is 1. The molecule has 1 N–H and O–H groups in total. The van der Waals surface area contributed by atoms with Gasteiger partial charge in [0.05, 0.1) is 12.0 Å². The Morgan fingerprint density at radius 3 is 2.59 bits per heavy atom. The molecule has 0 radical (unpaired) electrons. The standard InChI is InChI=1S/C16H16N2O3.ClH/c1-21-14-6-7-15-12(8-14)9-17-10-16(15)11-2-4-13(5-3-11)18(19)20;/h2-8,16-17H,9-10H2,1H3;1H. The zero-order chi connectivity index (χ0) is 14.8. The minimum Gasteiger partial charge on any atom is -0.497 e. The summed E-state index contributed by atoms with van der Waals surface area (Å²) in [4.78, 5) is 10.4. The molecule has 22 heavy (non-hydrogen) atoms. The van der Waals surface area contributed by atoms with Crippen LogP contribution in [0.4, 0.5) is 5.69 Å². The lowest BCUT2D eigenvalue weighted by atomic mass is 9.85. The van der Waals surface area contributed by atoms with E-state index in [1.165, 1.54) is 11.1 Å². The van der Waals surface area contributed by atoms with Crippen LogP contribution in [0.15, 0.2) is 42.5 Å². The quantitative estimate of drug-likeness (QED) is 0.696. The summed E-state index contributed by atoms with van der Waals surface area (Å²) in [5.74, 6) is 1.06. The summed E-state index contributed by atoms with van der Waals surface area (Å²) in [6.07, 6.45) is 0. The van der Waals surface area contributed by atoms with Gasteiger partial charge in [-0.1, -0.05) is 18.2 Å². The van der Waals surface area contributed by atoms with Crippen LogP contribution < -0.4 is 10.1 Å². The van der Waals surface area contributed by atoms with Gasteiger partial charge in [-0.3, -0.25) is 10.1 Å². The van der Waals surface area contributed by atoms with Gasteiger partial charge in [0.1, 0.15) is 5.75 Å². The van der Waals surface area contributed by atoms with Crippen LogP contribution in [0.3, 0.4) is 0 Å². The van der Waals surface area contributed by atoms with Gasteiger partial charge in [-0.2, -0.15) is 0 Å². The Balaban J connectivity index is 0.00000176. The Morgan fingerprint density at radius 2 is 1.95 bits per heavy atom. The molecule has 1 unspecified atom stereocenters. The number of nitro benzene ring substituents is 1.